The molecule has 3 nitrogen and oxygen atoms in total. The highest BCUT2D eigenvalue weighted by atomic mass is 16.5. The summed E-state index contributed by atoms with van der Waals surface area (Å²) < 4.78 is 6.09. The zero-order chi connectivity index (χ0) is 15.5. The van der Waals surface area contributed by atoms with E-state index in [9.17, 15) is 4.79 Å². The molecule has 0 unspecified atom stereocenters. The minimum absolute atomic E-state index is 0.0168. The Morgan fingerprint density at radius 2 is 2.00 bits per heavy atom. The Kier molecular flexibility index (Phi) is 4.71. The maximum Gasteiger partial charge on any atom is 0.245 e. The van der Waals surface area contributed by atoms with E-state index in [0.717, 1.165) is 31.7 Å². The van der Waals surface area contributed by atoms with Crippen LogP contribution in [-0.2, 0) is 10.2 Å². The van der Waals surface area contributed by atoms with E-state index in [-0.39, 0.29) is 17.4 Å². The molecule has 1 aromatic rings. The zero-order valence-corrected chi connectivity index (χ0v) is 13.3. The van der Waals surface area contributed by atoms with Crippen LogP contribution in [0, 0.1) is 0 Å². The molecule has 2 rings (SSSR count). The molecule has 1 amide bonds. The molecule has 0 saturated carbocycles. The van der Waals surface area contributed by atoms with Gasteiger partial charge in [0.1, 0.15) is 11.9 Å². The molecular weight excluding hydrogens is 262 g/mol. The number of benzene rings is 1. The standard InChI is InChI=1S/C18H25NO2/c1-5-17(20)19-11-9-15(10-12-19)21-16-8-6-7-14(13-16)18(2,3)4/h5-8,13,15H,1,9-12H2,2-4H3. The van der Waals surface area contributed by atoms with Crippen molar-refractivity contribution in [1.82, 2.24) is 4.90 Å². The fourth-order valence-corrected chi connectivity index (χ4v) is 2.55. The fraction of sp³-hybridized carbons (Fsp3) is 0.500. The van der Waals surface area contributed by atoms with Crippen molar-refractivity contribution in [3.8, 4) is 5.75 Å². The van der Waals surface area contributed by atoms with Crippen molar-refractivity contribution >= 4 is 5.91 Å². The van der Waals surface area contributed by atoms with Crippen LogP contribution in [0.5, 0.6) is 5.75 Å². The lowest BCUT2D eigenvalue weighted by atomic mass is 9.87. The fourth-order valence-electron chi connectivity index (χ4n) is 2.55. The highest BCUT2D eigenvalue weighted by molar-refractivity contribution is 5.87. The van der Waals surface area contributed by atoms with Crippen LogP contribution in [0.15, 0.2) is 36.9 Å². The highest BCUT2D eigenvalue weighted by Gasteiger charge is 2.23. The largest absolute Gasteiger partial charge is 0.490 e. The summed E-state index contributed by atoms with van der Waals surface area (Å²) in [5, 5.41) is 0. The van der Waals surface area contributed by atoms with E-state index in [1.54, 1.807) is 0 Å². The number of carbonyl (C=O) groups excluding carboxylic acids is 1. The van der Waals surface area contributed by atoms with Crippen LogP contribution in [0.4, 0.5) is 0 Å². The van der Waals surface area contributed by atoms with Gasteiger partial charge in [0, 0.05) is 25.9 Å². The summed E-state index contributed by atoms with van der Waals surface area (Å²) in [5.41, 5.74) is 1.40. The Labute approximate surface area is 127 Å². The van der Waals surface area contributed by atoms with E-state index >= 15 is 0 Å². The van der Waals surface area contributed by atoms with Crippen molar-refractivity contribution in [3.63, 3.8) is 0 Å². The molecule has 0 atom stereocenters. The van der Waals surface area contributed by atoms with Crippen LogP contribution < -0.4 is 4.74 Å². The average molecular weight is 287 g/mol. The molecule has 0 spiro atoms. The summed E-state index contributed by atoms with van der Waals surface area (Å²) in [6.07, 6.45) is 3.32. The van der Waals surface area contributed by atoms with Gasteiger partial charge >= 0.3 is 0 Å². The highest BCUT2D eigenvalue weighted by Crippen LogP contribution is 2.27. The van der Waals surface area contributed by atoms with Crippen LogP contribution >= 0.6 is 0 Å². The Morgan fingerprint density at radius 1 is 1.33 bits per heavy atom. The number of hydrogen-bond acceptors (Lipinski definition) is 2. The topological polar surface area (TPSA) is 29.5 Å². The van der Waals surface area contributed by atoms with Crippen LogP contribution in [0.2, 0.25) is 0 Å². The SMILES string of the molecule is C=CC(=O)N1CCC(Oc2cccc(C(C)(C)C)c2)CC1. The molecule has 114 valence electrons. The number of carbonyl (C=O) groups is 1. The predicted octanol–water partition coefficient (Wildman–Crippen LogP) is 3.54. The number of ether oxygens (including phenoxy) is 1. The van der Waals surface area contributed by atoms with Gasteiger partial charge < -0.3 is 9.64 Å². The Hall–Kier alpha value is -1.77. The summed E-state index contributed by atoms with van der Waals surface area (Å²) in [6, 6.07) is 8.32. The van der Waals surface area contributed by atoms with Gasteiger partial charge in [-0.15, -0.1) is 0 Å². The molecule has 0 aromatic heterocycles. The van der Waals surface area contributed by atoms with E-state index < -0.39 is 0 Å². The summed E-state index contributed by atoms with van der Waals surface area (Å²) in [7, 11) is 0. The lowest BCUT2D eigenvalue weighted by molar-refractivity contribution is -0.127. The number of amides is 1. The van der Waals surface area contributed by atoms with Gasteiger partial charge in [0.2, 0.25) is 5.91 Å². The van der Waals surface area contributed by atoms with Gasteiger partial charge in [-0.3, -0.25) is 4.79 Å². The lowest BCUT2D eigenvalue weighted by Crippen LogP contribution is -2.41. The summed E-state index contributed by atoms with van der Waals surface area (Å²) >= 11 is 0. The third-order valence-corrected chi connectivity index (χ3v) is 3.93. The van der Waals surface area contributed by atoms with Gasteiger partial charge in [-0.1, -0.05) is 39.5 Å². The molecule has 3 heteroatoms. The monoisotopic (exact) mass is 287 g/mol. The Morgan fingerprint density at radius 3 is 2.57 bits per heavy atom. The van der Waals surface area contributed by atoms with Crippen molar-refractivity contribution < 1.29 is 9.53 Å². The number of rotatable bonds is 3. The number of nitrogens with zero attached hydrogens (tertiary/aromatic N) is 1. The molecule has 1 aliphatic heterocycles. The maximum absolute atomic E-state index is 11.6. The third-order valence-electron chi connectivity index (χ3n) is 3.93. The van der Waals surface area contributed by atoms with Crippen LogP contribution in [-0.4, -0.2) is 30.0 Å². The van der Waals surface area contributed by atoms with Crippen molar-refractivity contribution in [3.05, 3.63) is 42.5 Å². The maximum atomic E-state index is 11.6. The van der Waals surface area contributed by atoms with Gasteiger partial charge in [-0.2, -0.15) is 0 Å². The molecule has 1 aromatic carbocycles. The number of hydrogen-bond donors (Lipinski definition) is 0. The minimum Gasteiger partial charge on any atom is -0.490 e. The summed E-state index contributed by atoms with van der Waals surface area (Å²) in [4.78, 5) is 13.4. The lowest BCUT2D eigenvalue weighted by Gasteiger charge is -2.31. The molecule has 1 fully saturated rings. The molecule has 1 aliphatic rings. The first-order chi connectivity index (χ1) is 9.90. The molecule has 1 heterocycles. The summed E-state index contributed by atoms with van der Waals surface area (Å²) in [6.45, 7) is 11.6. The van der Waals surface area contributed by atoms with Crippen molar-refractivity contribution in [2.45, 2.75) is 45.1 Å². The van der Waals surface area contributed by atoms with Crippen molar-refractivity contribution in [2.24, 2.45) is 0 Å². The second-order valence-corrected chi connectivity index (χ2v) is 6.62. The number of likely N-dealkylation sites (tertiary alicyclic amines) is 1. The first kappa shape index (κ1) is 15.6. The predicted molar refractivity (Wildman–Crippen MR) is 85.6 cm³/mol. The zero-order valence-electron chi connectivity index (χ0n) is 13.3. The van der Waals surface area contributed by atoms with E-state index in [2.05, 4.69) is 39.5 Å². The first-order valence-corrected chi connectivity index (χ1v) is 7.58. The normalized spacial score (nSPS) is 16.6. The summed E-state index contributed by atoms with van der Waals surface area (Å²) in [5.74, 6) is 0.944. The number of piperidine rings is 1. The van der Waals surface area contributed by atoms with Crippen molar-refractivity contribution in [1.29, 1.82) is 0 Å². The van der Waals surface area contributed by atoms with Gasteiger partial charge in [0.15, 0.2) is 0 Å². The first-order valence-electron chi connectivity index (χ1n) is 7.58. The van der Waals surface area contributed by atoms with E-state index in [1.165, 1.54) is 11.6 Å². The second-order valence-electron chi connectivity index (χ2n) is 6.62. The van der Waals surface area contributed by atoms with Crippen LogP contribution in [0.3, 0.4) is 0 Å². The Bertz CT molecular complexity index is 508. The second kappa shape index (κ2) is 6.33. The van der Waals surface area contributed by atoms with Gasteiger partial charge in [0.25, 0.3) is 0 Å². The third kappa shape index (κ3) is 4.10. The molecule has 21 heavy (non-hydrogen) atoms. The molecule has 0 aliphatic carbocycles. The van der Waals surface area contributed by atoms with Gasteiger partial charge in [0.05, 0.1) is 0 Å². The van der Waals surface area contributed by atoms with E-state index in [1.807, 2.05) is 17.0 Å². The quantitative estimate of drug-likeness (QED) is 0.796. The van der Waals surface area contributed by atoms with E-state index in [0.29, 0.717) is 0 Å². The molecule has 1 saturated heterocycles. The average Bonchev–Trinajstić information content (AvgIpc) is 2.47. The van der Waals surface area contributed by atoms with Gasteiger partial charge in [-0.25, -0.2) is 0 Å². The van der Waals surface area contributed by atoms with Crippen molar-refractivity contribution in [2.75, 3.05) is 13.1 Å². The Balaban J connectivity index is 1.95. The van der Waals surface area contributed by atoms with Crippen LogP contribution in [0.25, 0.3) is 0 Å². The molecular formula is C18H25NO2. The van der Waals surface area contributed by atoms with E-state index in [4.69, 9.17) is 4.74 Å². The van der Waals surface area contributed by atoms with Gasteiger partial charge in [-0.05, 0) is 29.2 Å². The van der Waals surface area contributed by atoms with Crippen LogP contribution in [0.1, 0.15) is 39.2 Å². The molecule has 0 radical (unpaired) electrons. The molecule has 0 N–H and O–H groups in total. The minimum atomic E-state index is 0.0168. The smallest absolute Gasteiger partial charge is 0.245 e. The molecule has 0 bridgehead atoms.